The van der Waals surface area contributed by atoms with Crippen LogP contribution >= 0.6 is 12.4 Å². The summed E-state index contributed by atoms with van der Waals surface area (Å²) in [7, 11) is 0. The van der Waals surface area contributed by atoms with Crippen molar-refractivity contribution in [2.45, 2.75) is 38.3 Å². The Hall–Kier alpha value is -0.320. The van der Waals surface area contributed by atoms with Crippen molar-refractivity contribution in [3.63, 3.8) is 0 Å². The zero-order valence-corrected chi connectivity index (χ0v) is 10.5. The summed E-state index contributed by atoms with van der Waals surface area (Å²) < 4.78 is 5.39. The van der Waals surface area contributed by atoms with Crippen LogP contribution in [0.15, 0.2) is 0 Å². The van der Waals surface area contributed by atoms with Gasteiger partial charge in [-0.1, -0.05) is 12.8 Å². The van der Waals surface area contributed by atoms with Gasteiger partial charge in [0.1, 0.15) is 6.61 Å². The van der Waals surface area contributed by atoms with Crippen molar-refractivity contribution in [2.24, 2.45) is 5.92 Å². The molecule has 1 saturated heterocycles. The highest BCUT2D eigenvalue weighted by molar-refractivity contribution is 5.85. The van der Waals surface area contributed by atoms with Crippen LogP contribution in [0.2, 0.25) is 0 Å². The largest absolute Gasteiger partial charge is 0.366 e. The molecule has 0 aromatic rings. The molecule has 1 atom stereocenters. The number of amides is 1. The van der Waals surface area contributed by atoms with Gasteiger partial charge in [-0.2, -0.15) is 0 Å². The highest BCUT2D eigenvalue weighted by Crippen LogP contribution is 2.33. The lowest BCUT2D eigenvalue weighted by Gasteiger charge is -2.27. The Balaban J connectivity index is 0.00000128. The summed E-state index contributed by atoms with van der Waals surface area (Å²) in [6.07, 6.45) is 4.04. The van der Waals surface area contributed by atoms with Crippen LogP contribution in [-0.2, 0) is 9.53 Å². The van der Waals surface area contributed by atoms with E-state index in [1.54, 1.807) is 0 Å². The van der Waals surface area contributed by atoms with Gasteiger partial charge in [0.25, 0.3) is 0 Å². The zero-order valence-electron chi connectivity index (χ0n) is 9.70. The lowest BCUT2D eigenvalue weighted by Crippen LogP contribution is -2.50. The Labute approximate surface area is 103 Å². The summed E-state index contributed by atoms with van der Waals surface area (Å²) in [5, 5.41) is 6.07. The Kier molecular flexibility index (Phi) is 5.52. The molecule has 0 aromatic heterocycles. The van der Waals surface area contributed by atoms with E-state index >= 15 is 0 Å². The number of halogens is 1. The Bertz CT molecular complexity index is 230. The molecule has 2 aliphatic rings. The van der Waals surface area contributed by atoms with E-state index in [2.05, 4.69) is 17.6 Å². The number of nitrogens with one attached hydrogen (secondary N) is 2. The molecular weight excluding hydrogens is 228 g/mol. The number of carbonyl (C=O) groups is 1. The van der Waals surface area contributed by atoms with Crippen LogP contribution in [-0.4, -0.2) is 37.7 Å². The van der Waals surface area contributed by atoms with Crippen LogP contribution in [0.25, 0.3) is 0 Å². The van der Waals surface area contributed by atoms with Crippen LogP contribution in [0.5, 0.6) is 0 Å². The number of hydrogen-bond acceptors (Lipinski definition) is 3. The molecule has 0 radical (unpaired) electrons. The minimum Gasteiger partial charge on any atom is -0.366 e. The summed E-state index contributed by atoms with van der Waals surface area (Å²) in [6.45, 7) is 4.04. The maximum atomic E-state index is 11.4. The monoisotopic (exact) mass is 248 g/mol. The lowest BCUT2D eigenvalue weighted by atomic mass is 10.1. The van der Waals surface area contributed by atoms with E-state index in [9.17, 15) is 4.79 Å². The van der Waals surface area contributed by atoms with Gasteiger partial charge in [-0.05, 0) is 19.3 Å². The second-order valence-corrected chi connectivity index (χ2v) is 4.74. The molecule has 16 heavy (non-hydrogen) atoms. The minimum atomic E-state index is 0. The normalized spacial score (nSPS) is 21.8. The minimum absolute atomic E-state index is 0. The molecule has 1 heterocycles. The number of ether oxygens (including phenoxy) is 1. The van der Waals surface area contributed by atoms with Crippen LogP contribution in [0.1, 0.15) is 26.2 Å². The van der Waals surface area contributed by atoms with Gasteiger partial charge in [-0.25, -0.2) is 0 Å². The quantitative estimate of drug-likeness (QED) is 0.728. The molecule has 94 valence electrons. The van der Waals surface area contributed by atoms with Gasteiger partial charge in [-0.15, -0.1) is 12.4 Å². The van der Waals surface area contributed by atoms with E-state index in [1.807, 2.05) is 0 Å². The molecule has 1 aliphatic heterocycles. The fourth-order valence-corrected chi connectivity index (χ4v) is 1.80. The molecule has 5 heteroatoms. The van der Waals surface area contributed by atoms with E-state index in [1.165, 1.54) is 12.8 Å². The predicted octanol–water partition coefficient (Wildman–Crippen LogP) is 0.701. The summed E-state index contributed by atoms with van der Waals surface area (Å²) in [4.78, 5) is 11.4. The first kappa shape index (κ1) is 13.7. The molecular formula is C11H21ClN2O2. The first-order chi connectivity index (χ1) is 7.24. The Morgan fingerprint density at radius 1 is 1.50 bits per heavy atom. The fourth-order valence-electron chi connectivity index (χ4n) is 1.80. The van der Waals surface area contributed by atoms with Crippen molar-refractivity contribution in [1.29, 1.82) is 0 Å². The fraction of sp³-hybridized carbons (Fsp3) is 0.909. The molecule has 2 rings (SSSR count). The maximum absolute atomic E-state index is 11.4. The van der Waals surface area contributed by atoms with Gasteiger partial charge in [0.05, 0.1) is 6.10 Å². The molecule has 2 fully saturated rings. The molecule has 1 unspecified atom stereocenters. The van der Waals surface area contributed by atoms with E-state index in [0.717, 1.165) is 25.4 Å². The van der Waals surface area contributed by atoms with Crippen molar-refractivity contribution >= 4 is 18.3 Å². The Morgan fingerprint density at radius 3 is 2.69 bits per heavy atom. The molecule has 4 nitrogen and oxygen atoms in total. The van der Waals surface area contributed by atoms with E-state index in [0.29, 0.717) is 6.04 Å². The van der Waals surface area contributed by atoms with Gasteiger partial charge in [-0.3, -0.25) is 4.79 Å². The third kappa shape index (κ3) is 4.68. The second-order valence-electron chi connectivity index (χ2n) is 4.74. The molecule has 1 aliphatic carbocycles. The first-order valence-corrected chi connectivity index (χ1v) is 5.85. The molecule has 1 amide bonds. The number of carbonyl (C=O) groups excluding carboxylic acids is 1. The average molecular weight is 249 g/mol. The lowest BCUT2D eigenvalue weighted by molar-refractivity contribution is -0.129. The van der Waals surface area contributed by atoms with Gasteiger partial charge >= 0.3 is 0 Å². The summed E-state index contributed by atoms with van der Waals surface area (Å²) in [5.41, 5.74) is 0. The van der Waals surface area contributed by atoms with Crippen molar-refractivity contribution in [2.75, 3.05) is 19.7 Å². The molecule has 0 bridgehead atoms. The topological polar surface area (TPSA) is 50.4 Å². The average Bonchev–Trinajstić information content (AvgIpc) is 2.84. The van der Waals surface area contributed by atoms with Crippen molar-refractivity contribution in [3.05, 3.63) is 0 Å². The van der Waals surface area contributed by atoms with Crippen molar-refractivity contribution < 1.29 is 9.53 Å². The van der Waals surface area contributed by atoms with Gasteiger partial charge in [0.15, 0.2) is 0 Å². The van der Waals surface area contributed by atoms with Crippen LogP contribution in [0, 0.1) is 5.92 Å². The molecule has 0 aromatic carbocycles. The third-order valence-electron chi connectivity index (χ3n) is 2.99. The van der Waals surface area contributed by atoms with E-state index < -0.39 is 0 Å². The smallest absolute Gasteiger partial charge is 0.246 e. The van der Waals surface area contributed by atoms with Crippen molar-refractivity contribution in [3.8, 4) is 0 Å². The summed E-state index contributed by atoms with van der Waals surface area (Å²) in [5.74, 6) is 0.882. The molecule has 2 N–H and O–H groups in total. The SMILES string of the molecule is CC(CC1CC1)NC(=O)COC1CNC1.Cl. The second kappa shape index (κ2) is 6.42. The standard InChI is InChI=1S/C11H20N2O2.ClH/c1-8(4-9-2-3-9)13-11(14)7-15-10-5-12-6-10;/h8-10,12H,2-7H2,1H3,(H,13,14);1H. The van der Waals surface area contributed by atoms with Gasteiger partial charge in [0, 0.05) is 19.1 Å². The highest BCUT2D eigenvalue weighted by Gasteiger charge is 2.24. The van der Waals surface area contributed by atoms with Gasteiger partial charge in [0.2, 0.25) is 5.91 Å². The van der Waals surface area contributed by atoms with Crippen molar-refractivity contribution in [1.82, 2.24) is 10.6 Å². The van der Waals surface area contributed by atoms with Gasteiger partial charge < -0.3 is 15.4 Å². The summed E-state index contributed by atoms with van der Waals surface area (Å²) in [6, 6.07) is 0.299. The number of rotatable bonds is 6. The van der Waals surface area contributed by atoms with E-state index in [-0.39, 0.29) is 31.0 Å². The zero-order chi connectivity index (χ0) is 10.7. The maximum Gasteiger partial charge on any atom is 0.246 e. The third-order valence-corrected chi connectivity index (χ3v) is 2.99. The highest BCUT2D eigenvalue weighted by atomic mass is 35.5. The van der Waals surface area contributed by atoms with Crippen LogP contribution in [0.4, 0.5) is 0 Å². The van der Waals surface area contributed by atoms with Crippen LogP contribution in [0.3, 0.4) is 0 Å². The summed E-state index contributed by atoms with van der Waals surface area (Å²) >= 11 is 0. The predicted molar refractivity (Wildman–Crippen MR) is 64.8 cm³/mol. The van der Waals surface area contributed by atoms with E-state index in [4.69, 9.17) is 4.74 Å². The first-order valence-electron chi connectivity index (χ1n) is 5.85. The molecule has 1 saturated carbocycles. The Morgan fingerprint density at radius 2 is 2.19 bits per heavy atom. The number of hydrogen-bond donors (Lipinski definition) is 2. The molecule has 0 spiro atoms. The van der Waals surface area contributed by atoms with Crippen LogP contribution < -0.4 is 10.6 Å².